The molecule has 9 saturated carbocycles. The van der Waals surface area contributed by atoms with Crippen molar-refractivity contribution in [1.82, 2.24) is 0 Å². The van der Waals surface area contributed by atoms with Crippen LogP contribution in [-0.4, -0.2) is 101 Å². The van der Waals surface area contributed by atoms with Gasteiger partial charge in [0.25, 0.3) is 0 Å². The lowest BCUT2D eigenvalue weighted by Gasteiger charge is -2.38. The molecule has 648 valence electrons. The molecule has 0 aromatic rings. The van der Waals surface area contributed by atoms with Crippen LogP contribution in [0.1, 0.15) is 418 Å². The highest BCUT2D eigenvalue weighted by atomic mass is 16.3. The molecule has 9 nitrogen and oxygen atoms in total. The number of rotatable bonds is 18. The van der Waals surface area contributed by atoms with Crippen molar-refractivity contribution in [2.24, 2.45) is 160 Å². The second kappa shape index (κ2) is 57.7. The monoisotopic (exact) mass is 1530 g/mol. The van der Waals surface area contributed by atoms with E-state index in [0.29, 0.717) is 94.7 Å². The van der Waals surface area contributed by atoms with E-state index < -0.39 is 0 Å². The molecule has 9 N–H and O–H groups in total. The van der Waals surface area contributed by atoms with Crippen LogP contribution in [0.3, 0.4) is 0 Å². The van der Waals surface area contributed by atoms with E-state index in [-0.39, 0.29) is 54.9 Å². The molecule has 0 amide bonds. The molecule has 36 atom stereocenters. The van der Waals surface area contributed by atoms with Crippen molar-refractivity contribution in [3.05, 3.63) is 0 Å². The molecular weight excluding hydrogens is 1330 g/mol. The van der Waals surface area contributed by atoms with E-state index in [9.17, 15) is 46.0 Å². The van der Waals surface area contributed by atoms with Crippen LogP contribution in [0.4, 0.5) is 0 Å². The normalized spacial score (nSPS) is 43.0. The van der Waals surface area contributed by atoms with E-state index >= 15 is 0 Å². The van der Waals surface area contributed by atoms with Crippen LogP contribution in [0.15, 0.2) is 0 Å². The number of aliphatic hydroxyl groups excluding tert-OH is 9. The number of hydrogen-bond acceptors (Lipinski definition) is 9. The smallest absolute Gasteiger partial charge is 0.0596 e. The summed E-state index contributed by atoms with van der Waals surface area (Å²) in [6, 6.07) is 0. The van der Waals surface area contributed by atoms with E-state index in [1.165, 1.54) is 199 Å². The van der Waals surface area contributed by atoms with Gasteiger partial charge >= 0.3 is 0 Å². The molecule has 0 radical (unpaired) electrons. The Morgan fingerprint density at radius 2 is 0.556 bits per heavy atom. The first-order valence-electron chi connectivity index (χ1n) is 48.0. The molecule has 0 aromatic heterocycles. The minimum Gasteiger partial charge on any atom is -0.393 e. The van der Waals surface area contributed by atoms with E-state index in [4.69, 9.17) is 0 Å². The minimum absolute atomic E-state index is 0.0175. The van der Waals surface area contributed by atoms with Crippen LogP contribution >= 0.6 is 0 Å². The second-order valence-corrected chi connectivity index (χ2v) is 40.5. The summed E-state index contributed by atoms with van der Waals surface area (Å²) in [5.74, 6) is 17.7. The van der Waals surface area contributed by atoms with E-state index in [1.54, 1.807) is 0 Å². The first-order chi connectivity index (χ1) is 50.9. The predicted molar refractivity (Wildman–Crippen MR) is 468 cm³/mol. The summed E-state index contributed by atoms with van der Waals surface area (Å²) in [7, 11) is 0. The van der Waals surface area contributed by atoms with Crippen molar-refractivity contribution in [2.75, 3.05) is 0 Å². The van der Waals surface area contributed by atoms with Gasteiger partial charge in [0, 0.05) is 0 Å². The number of aliphatic hydroxyl groups is 9. The summed E-state index contributed by atoms with van der Waals surface area (Å²) in [5, 5.41) is 88.5. The topological polar surface area (TPSA) is 182 Å². The summed E-state index contributed by atoms with van der Waals surface area (Å²) >= 11 is 0. The van der Waals surface area contributed by atoms with Gasteiger partial charge in [-0.3, -0.25) is 0 Å². The van der Waals surface area contributed by atoms with Crippen LogP contribution in [0.2, 0.25) is 0 Å². The highest BCUT2D eigenvalue weighted by molar-refractivity contribution is 4.90. The fourth-order valence-corrected chi connectivity index (χ4v) is 22.6. The summed E-state index contributed by atoms with van der Waals surface area (Å²) in [5.41, 5.74) is 0. The molecule has 9 rings (SSSR count). The molecule has 36 unspecified atom stereocenters. The summed E-state index contributed by atoms with van der Waals surface area (Å²) in [6.07, 6.45) is 43.3. The van der Waals surface area contributed by atoms with Crippen molar-refractivity contribution >= 4 is 0 Å². The quantitative estimate of drug-likeness (QED) is 0.0645. The zero-order valence-corrected chi connectivity index (χ0v) is 77.3. The molecular formula is C99H198O9. The molecule has 9 heteroatoms. The van der Waals surface area contributed by atoms with Crippen molar-refractivity contribution < 1.29 is 46.0 Å². The van der Waals surface area contributed by atoms with Crippen molar-refractivity contribution in [2.45, 2.75) is 473 Å². The Kier molecular flexibility index (Phi) is 56.4. The Hall–Kier alpha value is -0.360. The maximum atomic E-state index is 9.94. The summed E-state index contributed by atoms with van der Waals surface area (Å²) in [4.78, 5) is 0. The van der Waals surface area contributed by atoms with Gasteiger partial charge in [-0.1, -0.05) is 277 Å². The van der Waals surface area contributed by atoms with Gasteiger partial charge in [-0.15, -0.1) is 0 Å². The average Bonchev–Trinajstić information content (AvgIpc) is 0.871. The Morgan fingerprint density at radius 1 is 0.176 bits per heavy atom. The van der Waals surface area contributed by atoms with Gasteiger partial charge in [-0.25, -0.2) is 0 Å². The Balaban J connectivity index is 0.000000607. The van der Waals surface area contributed by atoms with Crippen LogP contribution in [0.25, 0.3) is 0 Å². The molecule has 9 aliphatic rings. The van der Waals surface area contributed by atoms with E-state index in [1.807, 2.05) is 0 Å². The van der Waals surface area contributed by atoms with Crippen molar-refractivity contribution in [1.29, 1.82) is 0 Å². The van der Waals surface area contributed by atoms with E-state index in [2.05, 4.69) is 187 Å². The molecule has 0 spiro atoms. The maximum absolute atomic E-state index is 9.94. The average molecular weight is 1530 g/mol. The van der Waals surface area contributed by atoms with Gasteiger partial charge < -0.3 is 46.0 Å². The third kappa shape index (κ3) is 37.5. The summed E-state index contributed by atoms with van der Waals surface area (Å²) < 4.78 is 0. The van der Waals surface area contributed by atoms with Crippen molar-refractivity contribution in [3.63, 3.8) is 0 Å². The lowest BCUT2D eigenvalue weighted by atomic mass is 9.70. The van der Waals surface area contributed by atoms with Crippen LogP contribution in [0.5, 0.6) is 0 Å². The molecule has 0 bridgehead atoms. The Bertz CT molecular complexity index is 1950. The summed E-state index contributed by atoms with van der Waals surface area (Å²) in [6.45, 7) is 60.5. The minimum atomic E-state index is -0.0460. The molecule has 0 saturated heterocycles. The first-order valence-corrected chi connectivity index (χ1v) is 48.0. The fourth-order valence-electron chi connectivity index (χ4n) is 22.6. The lowest BCUT2D eigenvalue weighted by Crippen LogP contribution is -2.36. The SMILES string of the molecule is CCCC1C(C)CC(C)CC1O.CCCC1C(C)CCC(C)C1O.CCCC1C(C)CCC(O)C1C.CCCC1C(O)CCC(C)C1C.CCCC1CC(C)C(C)CC1O.CCCC1CC(C)CC(C)C1O.CCCC1CC(C)CC(O)C1C.CCCC1CCC(C)C(C)C1O.CCCC1CCC(C)C(O)C1C. The maximum Gasteiger partial charge on any atom is 0.0596 e. The van der Waals surface area contributed by atoms with Gasteiger partial charge in [0.1, 0.15) is 0 Å². The zero-order valence-electron chi connectivity index (χ0n) is 77.3. The van der Waals surface area contributed by atoms with Crippen molar-refractivity contribution in [3.8, 4) is 0 Å². The fraction of sp³-hybridized carbons (Fsp3) is 1.00. The first kappa shape index (κ1) is 106. The zero-order chi connectivity index (χ0) is 82.2. The van der Waals surface area contributed by atoms with Gasteiger partial charge in [-0.05, 0) is 301 Å². The molecule has 108 heavy (non-hydrogen) atoms. The lowest BCUT2D eigenvalue weighted by molar-refractivity contribution is -0.00697. The van der Waals surface area contributed by atoms with E-state index in [0.717, 1.165) is 97.2 Å². The molecule has 0 heterocycles. The van der Waals surface area contributed by atoms with Crippen LogP contribution in [0, 0.1) is 160 Å². The largest absolute Gasteiger partial charge is 0.393 e. The third-order valence-electron chi connectivity index (χ3n) is 31.0. The Labute approximate surface area is 675 Å². The third-order valence-corrected chi connectivity index (χ3v) is 31.0. The molecule has 0 aliphatic heterocycles. The van der Waals surface area contributed by atoms with Gasteiger partial charge in [0.15, 0.2) is 0 Å². The highest BCUT2D eigenvalue weighted by Crippen LogP contribution is 2.44. The van der Waals surface area contributed by atoms with Gasteiger partial charge in [0.2, 0.25) is 0 Å². The standard InChI is InChI=1S/9C11H22O/c1-4-5-10-6-8(2)9(3)7-11(10)12;1-4-5-10-6-8(2)7-11(12)9(10)3;1-4-5-10-9(3)6-8(2)7-11(10)12;1-4-5-10-7-8(2)6-9(3)11(10)12;1-4-5-10-8(2)6-7-11(12)9(10)3;1-4-5-10-7-6-8(2)11(12)9(10)3;1-4-5-10-9(3)8(2)6-7-11(10)12;1-4-5-10-7-6-8(2)9(3)11(10)12;1-4-5-10-8(2)6-7-9(3)11(10)12/h9*8-12H,4-7H2,1-3H3. The second-order valence-electron chi connectivity index (χ2n) is 40.5. The van der Waals surface area contributed by atoms with Crippen LogP contribution in [-0.2, 0) is 0 Å². The van der Waals surface area contributed by atoms with Crippen LogP contribution < -0.4 is 0 Å². The predicted octanol–water partition coefficient (Wildman–Crippen LogP) is 25.5. The Morgan fingerprint density at radius 3 is 1.13 bits per heavy atom. The molecule has 0 aromatic carbocycles. The van der Waals surface area contributed by atoms with Gasteiger partial charge in [0.05, 0.1) is 54.9 Å². The molecule has 9 fully saturated rings. The number of hydrogen-bond donors (Lipinski definition) is 9. The highest BCUT2D eigenvalue weighted by Gasteiger charge is 2.39. The molecule has 9 aliphatic carbocycles. The van der Waals surface area contributed by atoms with Gasteiger partial charge in [-0.2, -0.15) is 0 Å².